The van der Waals surface area contributed by atoms with Gasteiger partial charge >= 0.3 is 5.97 Å². The average molecular weight is 170 g/mol. The monoisotopic (exact) mass is 170 g/mol. The van der Waals surface area contributed by atoms with Crippen LogP contribution >= 0.6 is 11.3 Å². The van der Waals surface area contributed by atoms with Crippen LogP contribution in [0.25, 0.3) is 0 Å². The fourth-order valence-corrected chi connectivity index (χ4v) is 1.60. The van der Waals surface area contributed by atoms with Gasteiger partial charge in [0.25, 0.3) is 0 Å². The van der Waals surface area contributed by atoms with E-state index in [9.17, 15) is 4.79 Å². The Morgan fingerprint density at radius 2 is 2.45 bits per heavy atom. The Bertz CT molecular complexity index is 252. The molecule has 0 aliphatic heterocycles. The molecular formula is C8H10O2S. The minimum atomic E-state index is -0.208. The number of carbonyl (C=O) groups is 1. The largest absolute Gasteiger partial charge is 0.462 e. The fraction of sp³-hybridized carbons (Fsp3) is 0.375. The van der Waals surface area contributed by atoms with Gasteiger partial charge in [-0.25, -0.2) is 4.79 Å². The van der Waals surface area contributed by atoms with Crippen LogP contribution in [0.15, 0.2) is 11.4 Å². The molecule has 0 spiro atoms. The first-order chi connectivity index (χ1) is 5.25. The second-order valence-corrected chi connectivity index (χ2v) is 3.07. The van der Waals surface area contributed by atoms with E-state index in [0.717, 1.165) is 5.56 Å². The first-order valence-electron chi connectivity index (χ1n) is 3.47. The molecule has 0 bridgehead atoms. The molecule has 1 aromatic heterocycles. The molecule has 0 atom stereocenters. The second kappa shape index (κ2) is 3.53. The number of thiophene rings is 1. The van der Waals surface area contributed by atoms with Crippen LogP contribution in [0.4, 0.5) is 0 Å². The molecule has 0 radical (unpaired) electrons. The van der Waals surface area contributed by atoms with E-state index >= 15 is 0 Å². The van der Waals surface area contributed by atoms with Gasteiger partial charge in [-0.3, -0.25) is 0 Å². The van der Waals surface area contributed by atoms with Crippen LogP contribution in [0.2, 0.25) is 0 Å². The zero-order valence-corrected chi connectivity index (χ0v) is 7.40. The van der Waals surface area contributed by atoms with Crippen molar-refractivity contribution in [2.45, 2.75) is 13.8 Å². The molecule has 0 N–H and O–H groups in total. The Kier molecular flexibility index (Phi) is 2.65. The number of hydrogen-bond donors (Lipinski definition) is 0. The molecular weight excluding hydrogens is 160 g/mol. The molecule has 0 saturated heterocycles. The molecule has 60 valence electrons. The van der Waals surface area contributed by atoms with Gasteiger partial charge in [-0.2, -0.15) is 0 Å². The molecule has 0 amide bonds. The lowest BCUT2D eigenvalue weighted by Crippen LogP contribution is -2.03. The molecule has 0 aliphatic carbocycles. The van der Waals surface area contributed by atoms with Gasteiger partial charge in [0.1, 0.15) is 4.88 Å². The molecule has 0 aliphatic rings. The Hall–Kier alpha value is -0.830. The van der Waals surface area contributed by atoms with Gasteiger partial charge in [-0.15, -0.1) is 11.3 Å². The standard InChI is InChI=1S/C8H10O2S/c1-3-10-8(9)7-6(2)4-5-11-7/h4-5H,3H2,1-2H3. The smallest absolute Gasteiger partial charge is 0.348 e. The number of ether oxygens (including phenoxy) is 1. The van der Waals surface area contributed by atoms with Crippen molar-refractivity contribution in [1.82, 2.24) is 0 Å². The maximum absolute atomic E-state index is 11.1. The van der Waals surface area contributed by atoms with E-state index in [1.807, 2.05) is 18.4 Å². The Balaban J connectivity index is 2.76. The van der Waals surface area contributed by atoms with Gasteiger partial charge in [-0.05, 0) is 30.9 Å². The molecule has 0 fully saturated rings. The highest BCUT2D eigenvalue weighted by Gasteiger charge is 2.09. The quantitative estimate of drug-likeness (QED) is 0.636. The first-order valence-corrected chi connectivity index (χ1v) is 4.35. The van der Waals surface area contributed by atoms with E-state index in [2.05, 4.69) is 0 Å². The second-order valence-electron chi connectivity index (χ2n) is 2.15. The summed E-state index contributed by atoms with van der Waals surface area (Å²) in [6, 6.07) is 1.91. The van der Waals surface area contributed by atoms with E-state index in [1.54, 1.807) is 6.92 Å². The van der Waals surface area contributed by atoms with Gasteiger partial charge < -0.3 is 4.74 Å². The third-order valence-corrected chi connectivity index (χ3v) is 2.32. The van der Waals surface area contributed by atoms with Gasteiger partial charge in [-0.1, -0.05) is 0 Å². The lowest BCUT2D eigenvalue weighted by molar-refractivity contribution is 0.0531. The van der Waals surface area contributed by atoms with Crippen molar-refractivity contribution >= 4 is 17.3 Å². The predicted molar refractivity (Wildman–Crippen MR) is 45.0 cm³/mol. The molecule has 0 unspecified atom stereocenters. The van der Waals surface area contributed by atoms with Crippen molar-refractivity contribution in [3.8, 4) is 0 Å². The van der Waals surface area contributed by atoms with Crippen LogP contribution in [0, 0.1) is 6.92 Å². The van der Waals surface area contributed by atoms with Crippen molar-refractivity contribution in [3.05, 3.63) is 21.9 Å². The van der Waals surface area contributed by atoms with E-state index in [4.69, 9.17) is 4.74 Å². The number of rotatable bonds is 2. The summed E-state index contributed by atoms with van der Waals surface area (Å²) in [4.78, 5) is 11.8. The van der Waals surface area contributed by atoms with Crippen LogP contribution in [0.3, 0.4) is 0 Å². The molecule has 3 heteroatoms. The van der Waals surface area contributed by atoms with Crippen LogP contribution in [-0.2, 0) is 4.74 Å². The summed E-state index contributed by atoms with van der Waals surface area (Å²) < 4.78 is 4.84. The zero-order valence-electron chi connectivity index (χ0n) is 6.59. The minimum absolute atomic E-state index is 0.208. The molecule has 11 heavy (non-hydrogen) atoms. The molecule has 1 rings (SSSR count). The van der Waals surface area contributed by atoms with Crippen LogP contribution < -0.4 is 0 Å². The van der Waals surface area contributed by atoms with Gasteiger partial charge in [0, 0.05) is 0 Å². The van der Waals surface area contributed by atoms with Crippen molar-refractivity contribution in [3.63, 3.8) is 0 Å². The molecule has 0 saturated carbocycles. The van der Waals surface area contributed by atoms with Crippen molar-refractivity contribution < 1.29 is 9.53 Å². The number of aryl methyl sites for hydroxylation is 1. The highest BCUT2D eigenvalue weighted by molar-refractivity contribution is 7.12. The highest BCUT2D eigenvalue weighted by Crippen LogP contribution is 2.16. The first kappa shape index (κ1) is 8.27. The van der Waals surface area contributed by atoms with E-state index in [-0.39, 0.29) is 5.97 Å². The Labute approximate surface area is 69.8 Å². The van der Waals surface area contributed by atoms with Crippen molar-refractivity contribution in [2.24, 2.45) is 0 Å². The number of hydrogen-bond acceptors (Lipinski definition) is 3. The van der Waals surface area contributed by atoms with E-state index < -0.39 is 0 Å². The van der Waals surface area contributed by atoms with Crippen molar-refractivity contribution in [2.75, 3.05) is 6.61 Å². The van der Waals surface area contributed by atoms with Gasteiger partial charge in [0.15, 0.2) is 0 Å². The van der Waals surface area contributed by atoms with Gasteiger partial charge in [0.05, 0.1) is 6.61 Å². The summed E-state index contributed by atoms with van der Waals surface area (Å²) in [6.07, 6.45) is 0. The van der Waals surface area contributed by atoms with E-state index in [1.165, 1.54) is 11.3 Å². The molecule has 0 aromatic carbocycles. The third-order valence-electron chi connectivity index (χ3n) is 1.32. The lowest BCUT2D eigenvalue weighted by atomic mass is 10.3. The topological polar surface area (TPSA) is 26.3 Å². The van der Waals surface area contributed by atoms with Crippen LogP contribution in [-0.4, -0.2) is 12.6 Å². The van der Waals surface area contributed by atoms with Crippen LogP contribution in [0.5, 0.6) is 0 Å². The fourth-order valence-electron chi connectivity index (χ4n) is 0.778. The maximum atomic E-state index is 11.1. The molecule has 1 aromatic rings. The summed E-state index contributed by atoms with van der Waals surface area (Å²) in [7, 11) is 0. The summed E-state index contributed by atoms with van der Waals surface area (Å²) in [5, 5.41) is 1.89. The summed E-state index contributed by atoms with van der Waals surface area (Å²) >= 11 is 1.42. The normalized spacial score (nSPS) is 9.64. The summed E-state index contributed by atoms with van der Waals surface area (Å²) in [6.45, 7) is 4.15. The van der Waals surface area contributed by atoms with Crippen molar-refractivity contribution in [1.29, 1.82) is 0 Å². The third kappa shape index (κ3) is 1.80. The number of esters is 1. The average Bonchev–Trinajstić information content (AvgIpc) is 2.36. The maximum Gasteiger partial charge on any atom is 0.348 e. The summed E-state index contributed by atoms with van der Waals surface area (Å²) in [5.74, 6) is -0.208. The SMILES string of the molecule is CCOC(=O)c1sccc1C. The predicted octanol–water partition coefficient (Wildman–Crippen LogP) is 2.23. The molecule has 1 heterocycles. The minimum Gasteiger partial charge on any atom is -0.462 e. The Morgan fingerprint density at radius 3 is 2.91 bits per heavy atom. The highest BCUT2D eigenvalue weighted by atomic mass is 32.1. The van der Waals surface area contributed by atoms with E-state index in [0.29, 0.717) is 11.5 Å². The Morgan fingerprint density at radius 1 is 1.73 bits per heavy atom. The number of carbonyl (C=O) groups excluding carboxylic acids is 1. The van der Waals surface area contributed by atoms with Crippen LogP contribution in [0.1, 0.15) is 22.2 Å². The summed E-state index contributed by atoms with van der Waals surface area (Å²) in [5.41, 5.74) is 0.994. The van der Waals surface area contributed by atoms with Gasteiger partial charge in [0.2, 0.25) is 0 Å². The lowest BCUT2D eigenvalue weighted by Gasteiger charge is -1.98. The zero-order chi connectivity index (χ0) is 8.27. The molecule has 2 nitrogen and oxygen atoms in total.